The van der Waals surface area contributed by atoms with Gasteiger partial charge in [-0.3, -0.25) is 15.0 Å². The molecule has 5 rings (SSSR count). The molecule has 1 saturated heterocycles. The van der Waals surface area contributed by atoms with E-state index in [9.17, 15) is 4.39 Å². The Morgan fingerprint density at radius 2 is 1.88 bits per heavy atom. The third kappa shape index (κ3) is 4.35. The fourth-order valence-corrected chi connectivity index (χ4v) is 4.71. The second kappa shape index (κ2) is 8.81. The van der Waals surface area contributed by atoms with Gasteiger partial charge in [0.25, 0.3) is 0 Å². The molecule has 0 amide bonds. The van der Waals surface area contributed by atoms with Gasteiger partial charge in [-0.05, 0) is 87.2 Å². The van der Waals surface area contributed by atoms with E-state index in [1.165, 1.54) is 6.07 Å². The van der Waals surface area contributed by atoms with Crippen molar-refractivity contribution in [1.82, 2.24) is 15.0 Å². The van der Waals surface area contributed by atoms with Crippen LogP contribution in [0, 0.1) is 26.6 Å². The van der Waals surface area contributed by atoms with Crippen molar-refractivity contribution in [2.24, 2.45) is 0 Å². The number of ether oxygens (including phenoxy) is 1. The molecule has 0 aliphatic carbocycles. The summed E-state index contributed by atoms with van der Waals surface area (Å²) in [6.07, 6.45) is 3.45. The van der Waals surface area contributed by atoms with Gasteiger partial charge in [-0.2, -0.15) is 0 Å². The highest BCUT2D eigenvalue weighted by Crippen LogP contribution is 2.39. The second-order valence-electron chi connectivity index (χ2n) is 8.79. The Morgan fingerprint density at radius 3 is 2.67 bits per heavy atom. The predicted molar refractivity (Wildman–Crippen MR) is 129 cm³/mol. The van der Waals surface area contributed by atoms with E-state index in [0.717, 1.165) is 52.0 Å². The summed E-state index contributed by atoms with van der Waals surface area (Å²) in [5, 5.41) is 1.21. The smallest absolute Gasteiger partial charge is 0.134 e. The average Bonchev–Trinajstić information content (AvgIpc) is 2.80. The maximum Gasteiger partial charge on any atom is 0.134 e. The molecule has 3 aromatic heterocycles. The normalized spacial score (nSPS) is 18.6. The van der Waals surface area contributed by atoms with Crippen LogP contribution >= 0.6 is 11.6 Å². The van der Waals surface area contributed by atoms with Crippen molar-refractivity contribution < 1.29 is 9.13 Å². The van der Waals surface area contributed by atoms with Gasteiger partial charge in [0.2, 0.25) is 0 Å². The molecule has 0 N–H and O–H groups in total. The Labute approximate surface area is 197 Å². The van der Waals surface area contributed by atoms with Crippen molar-refractivity contribution >= 4 is 22.5 Å². The van der Waals surface area contributed by atoms with Crippen LogP contribution in [0.4, 0.5) is 4.39 Å². The monoisotopic (exact) mass is 461 g/mol. The third-order valence-corrected chi connectivity index (χ3v) is 6.69. The molecule has 1 aliphatic rings. The molecule has 168 valence electrons. The van der Waals surface area contributed by atoms with Crippen LogP contribution in [0.25, 0.3) is 22.2 Å². The SMILES string of the molecule is Cc1cc([C@@H]2CC(c3cc4nc(C)c(C)cc4c(-c4ccc(Cl)cc4F)n3)CCO2)ccn1. The summed E-state index contributed by atoms with van der Waals surface area (Å²) in [4.78, 5) is 14.1. The standard InChI is InChI=1S/C27H25ClFN3O/c1-15-10-22-25(31-17(15)3)14-24(32-27(22)21-5-4-20(28)13-23(21)29)18-7-9-33-26(12-18)19-6-8-30-16(2)11-19/h4-6,8,10-11,13-14,18,26H,7,9,12H2,1-3H3/t18?,26-/m0/s1. The molecular formula is C27H25ClFN3O. The van der Waals surface area contributed by atoms with E-state index in [0.29, 0.717) is 22.9 Å². The van der Waals surface area contributed by atoms with Crippen LogP contribution in [0.2, 0.25) is 5.02 Å². The minimum absolute atomic E-state index is 0.0219. The summed E-state index contributed by atoms with van der Waals surface area (Å²) in [5.41, 5.74) is 6.89. The number of hydrogen-bond acceptors (Lipinski definition) is 4. The lowest BCUT2D eigenvalue weighted by atomic mass is 9.88. The van der Waals surface area contributed by atoms with E-state index in [1.807, 2.05) is 39.1 Å². The highest BCUT2D eigenvalue weighted by Gasteiger charge is 2.27. The van der Waals surface area contributed by atoms with Crippen LogP contribution in [0.3, 0.4) is 0 Å². The molecular weight excluding hydrogens is 437 g/mol. The predicted octanol–water partition coefficient (Wildman–Crippen LogP) is 7.04. The summed E-state index contributed by atoms with van der Waals surface area (Å²) in [5.74, 6) is -0.206. The van der Waals surface area contributed by atoms with Gasteiger partial charge < -0.3 is 4.74 Å². The third-order valence-electron chi connectivity index (χ3n) is 6.46. The average molecular weight is 462 g/mol. The zero-order valence-electron chi connectivity index (χ0n) is 18.9. The van der Waals surface area contributed by atoms with Crippen molar-refractivity contribution in [2.75, 3.05) is 6.61 Å². The van der Waals surface area contributed by atoms with E-state index < -0.39 is 0 Å². The highest BCUT2D eigenvalue weighted by molar-refractivity contribution is 6.30. The zero-order chi connectivity index (χ0) is 23.1. The number of rotatable bonds is 3. The molecule has 1 aliphatic heterocycles. The van der Waals surface area contributed by atoms with Crippen LogP contribution in [-0.4, -0.2) is 21.6 Å². The molecule has 4 nitrogen and oxygen atoms in total. The number of hydrogen-bond donors (Lipinski definition) is 0. The van der Waals surface area contributed by atoms with E-state index in [2.05, 4.69) is 17.1 Å². The lowest BCUT2D eigenvalue weighted by Gasteiger charge is -2.30. The molecule has 4 heterocycles. The van der Waals surface area contributed by atoms with Crippen molar-refractivity contribution in [3.63, 3.8) is 0 Å². The Morgan fingerprint density at radius 1 is 1.03 bits per heavy atom. The Bertz CT molecular complexity index is 1360. The van der Waals surface area contributed by atoms with Crippen LogP contribution in [0.15, 0.2) is 48.7 Å². The van der Waals surface area contributed by atoms with Crippen LogP contribution < -0.4 is 0 Å². The lowest BCUT2D eigenvalue weighted by Crippen LogP contribution is -2.20. The first-order chi connectivity index (χ1) is 15.9. The number of benzene rings is 1. The molecule has 0 saturated carbocycles. The molecule has 1 fully saturated rings. The fraction of sp³-hybridized carbons (Fsp3) is 0.296. The summed E-state index contributed by atoms with van der Waals surface area (Å²) in [7, 11) is 0. The maximum atomic E-state index is 15.0. The summed E-state index contributed by atoms with van der Waals surface area (Å²) in [6, 6.07) is 12.9. The lowest BCUT2D eigenvalue weighted by molar-refractivity contribution is 0.00460. The summed E-state index contributed by atoms with van der Waals surface area (Å²) < 4.78 is 21.1. The van der Waals surface area contributed by atoms with Gasteiger partial charge in [0, 0.05) is 51.8 Å². The number of nitrogens with zero attached hydrogens (tertiary/aromatic N) is 3. The number of fused-ring (bicyclic) bond motifs is 1. The number of halogens is 2. The van der Waals surface area contributed by atoms with Crippen molar-refractivity contribution in [3.05, 3.63) is 87.7 Å². The summed E-state index contributed by atoms with van der Waals surface area (Å²) >= 11 is 6.02. The van der Waals surface area contributed by atoms with E-state index in [4.69, 9.17) is 26.3 Å². The van der Waals surface area contributed by atoms with Crippen molar-refractivity contribution in [1.29, 1.82) is 0 Å². The minimum atomic E-state index is -0.385. The molecule has 4 aromatic rings. The second-order valence-corrected chi connectivity index (χ2v) is 9.22. The van der Waals surface area contributed by atoms with Gasteiger partial charge in [0.05, 0.1) is 17.3 Å². The molecule has 2 atom stereocenters. The molecule has 33 heavy (non-hydrogen) atoms. The van der Waals surface area contributed by atoms with Gasteiger partial charge in [0.1, 0.15) is 5.82 Å². The van der Waals surface area contributed by atoms with Gasteiger partial charge >= 0.3 is 0 Å². The van der Waals surface area contributed by atoms with Gasteiger partial charge in [-0.1, -0.05) is 11.6 Å². The first kappa shape index (κ1) is 21.9. The Hall–Kier alpha value is -2.89. The van der Waals surface area contributed by atoms with Crippen LogP contribution in [-0.2, 0) is 4.74 Å². The van der Waals surface area contributed by atoms with Gasteiger partial charge in [-0.15, -0.1) is 0 Å². The van der Waals surface area contributed by atoms with Gasteiger partial charge in [-0.25, -0.2) is 4.39 Å². The van der Waals surface area contributed by atoms with E-state index in [-0.39, 0.29) is 17.8 Å². The Kier molecular flexibility index (Phi) is 5.85. The minimum Gasteiger partial charge on any atom is -0.373 e. The largest absolute Gasteiger partial charge is 0.373 e. The zero-order valence-corrected chi connectivity index (χ0v) is 19.7. The number of aryl methyl sites for hydroxylation is 3. The summed E-state index contributed by atoms with van der Waals surface area (Å²) in [6.45, 7) is 6.63. The molecule has 6 heteroatoms. The van der Waals surface area contributed by atoms with E-state index >= 15 is 0 Å². The quantitative estimate of drug-likeness (QED) is 0.328. The topological polar surface area (TPSA) is 47.9 Å². The molecule has 0 radical (unpaired) electrons. The number of aromatic nitrogens is 3. The van der Waals surface area contributed by atoms with Gasteiger partial charge in [0.15, 0.2) is 0 Å². The Balaban J connectivity index is 1.62. The van der Waals surface area contributed by atoms with Crippen molar-refractivity contribution in [3.8, 4) is 11.3 Å². The first-order valence-electron chi connectivity index (χ1n) is 11.2. The first-order valence-corrected chi connectivity index (χ1v) is 11.6. The molecule has 0 bridgehead atoms. The highest BCUT2D eigenvalue weighted by atomic mass is 35.5. The van der Waals surface area contributed by atoms with Crippen LogP contribution in [0.5, 0.6) is 0 Å². The molecule has 1 aromatic carbocycles. The van der Waals surface area contributed by atoms with E-state index in [1.54, 1.807) is 12.1 Å². The number of pyridine rings is 3. The van der Waals surface area contributed by atoms with Crippen LogP contribution in [0.1, 0.15) is 53.1 Å². The van der Waals surface area contributed by atoms with Crippen molar-refractivity contribution in [2.45, 2.75) is 45.6 Å². The molecule has 0 spiro atoms. The fourth-order valence-electron chi connectivity index (χ4n) is 4.55. The maximum absolute atomic E-state index is 15.0. The molecule has 1 unspecified atom stereocenters.